The number of rotatable bonds is 5. The molecule has 0 saturated heterocycles. The number of benzene rings is 1. The molecule has 1 heterocycles. The average Bonchev–Trinajstić information content (AvgIpc) is 2.84. The number of hydrogen-bond donors (Lipinski definition) is 1. The maximum Gasteiger partial charge on any atom is 0.144 e. The molecule has 102 valence electrons. The molecule has 0 aliphatic heterocycles. The van der Waals surface area contributed by atoms with Crippen LogP contribution in [0.25, 0.3) is 0 Å². The second-order valence-corrected chi connectivity index (χ2v) is 4.87. The Balaban J connectivity index is 2.14. The lowest BCUT2D eigenvalue weighted by atomic mass is 10.2. The van der Waals surface area contributed by atoms with Gasteiger partial charge >= 0.3 is 0 Å². The number of aliphatic hydroxyl groups is 1. The van der Waals surface area contributed by atoms with E-state index in [0.717, 1.165) is 12.1 Å². The third kappa shape index (κ3) is 3.41. The van der Waals surface area contributed by atoms with Crippen LogP contribution in [0.4, 0.5) is 0 Å². The molecule has 0 aliphatic carbocycles. The van der Waals surface area contributed by atoms with E-state index in [2.05, 4.69) is 5.10 Å². The van der Waals surface area contributed by atoms with E-state index >= 15 is 0 Å². The number of aliphatic hydroxyl groups excluding tert-OH is 1. The predicted octanol–water partition coefficient (Wildman–Crippen LogP) is 3.28. The number of aryl methyl sites for hydroxylation is 1. The van der Waals surface area contributed by atoms with Crippen molar-refractivity contribution in [2.75, 3.05) is 0 Å². The van der Waals surface area contributed by atoms with Crippen molar-refractivity contribution in [3.8, 4) is 5.75 Å². The molecule has 6 heteroatoms. The van der Waals surface area contributed by atoms with Crippen LogP contribution in [-0.4, -0.2) is 14.9 Å². The molecule has 0 aliphatic rings. The summed E-state index contributed by atoms with van der Waals surface area (Å²) in [6.07, 6.45) is 3.65. The van der Waals surface area contributed by atoms with Gasteiger partial charge < -0.3 is 9.84 Å². The van der Waals surface area contributed by atoms with E-state index in [4.69, 9.17) is 27.9 Å². The first-order valence-corrected chi connectivity index (χ1v) is 6.62. The monoisotopic (exact) mass is 300 g/mol. The van der Waals surface area contributed by atoms with Crippen LogP contribution in [0.2, 0.25) is 10.0 Å². The smallest absolute Gasteiger partial charge is 0.144 e. The normalized spacial score (nSPS) is 10.7. The molecule has 0 saturated carbocycles. The molecule has 2 rings (SSSR count). The lowest BCUT2D eigenvalue weighted by molar-refractivity contribution is 0.259. The third-order valence-corrected chi connectivity index (χ3v) is 3.15. The Kier molecular flexibility index (Phi) is 4.69. The topological polar surface area (TPSA) is 47.3 Å². The Morgan fingerprint density at radius 3 is 2.79 bits per heavy atom. The first-order chi connectivity index (χ1) is 9.13. The summed E-state index contributed by atoms with van der Waals surface area (Å²) in [6, 6.07) is 3.23. The maximum absolute atomic E-state index is 9.29. The van der Waals surface area contributed by atoms with Gasteiger partial charge in [0.25, 0.3) is 0 Å². The van der Waals surface area contributed by atoms with Crippen LogP contribution in [-0.2, 0) is 19.8 Å². The van der Waals surface area contributed by atoms with Crippen molar-refractivity contribution in [2.24, 2.45) is 0 Å². The molecular formula is C13H14Cl2N2O2. The van der Waals surface area contributed by atoms with Gasteiger partial charge in [-0.15, -0.1) is 0 Å². The highest BCUT2D eigenvalue weighted by molar-refractivity contribution is 6.35. The number of nitrogens with zero attached hydrogens (tertiary/aromatic N) is 2. The highest BCUT2D eigenvalue weighted by Crippen LogP contribution is 2.33. The van der Waals surface area contributed by atoms with Gasteiger partial charge in [0.2, 0.25) is 0 Å². The molecule has 1 aromatic carbocycles. The highest BCUT2D eigenvalue weighted by Gasteiger charge is 2.11. The van der Waals surface area contributed by atoms with Crippen molar-refractivity contribution in [1.29, 1.82) is 0 Å². The van der Waals surface area contributed by atoms with Crippen molar-refractivity contribution in [1.82, 2.24) is 9.78 Å². The van der Waals surface area contributed by atoms with Crippen LogP contribution < -0.4 is 4.74 Å². The molecule has 0 unspecified atom stereocenters. The van der Waals surface area contributed by atoms with E-state index < -0.39 is 0 Å². The van der Waals surface area contributed by atoms with E-state index in [9.17, 15) is 5.11 Å². The quantitative estimate of drug-likeness (QED) is 0.922. The predicted molar refractivity (Wildman–Crippen MR) is 74.6 cm³/mol. The van der Waals surface area contributed by atoms with E-state index in [-0.39, 0.29) is 6.61 Å². The van der Waals surface area contributed by atoms with Gasteiger partial charge in [-0.3, -0.25) is 4.68 Å². The molecule has 0 atom stereocenters. The van der Waals surface area contributed by atoms with Crippen LogP contribution in [0.15, 0.2) is 24.5 Å². The minimum atomic E-state index is -0.177. The molecule has 1 aromatic heterocycles. The summed E-state index contributed by atoms with van der Waals surface area (Å²) < 4.78 is 7.47. The summed E-state index contributed by atoms with van der Waals surface area (Å²) in [5.74, 6) is 0.456. The van der Waals surface area contributed by atoms with Crippen LogP contribution in [0.1, 0.15) is 18.1 Å². The van der Waals surface area contributed by atoms with Crippen LogP contribution in [0, 0.1) is 0 Å². The van der Waals surface area contributed by atoms with Gasteiger partial charge in [-0.05, 0) is 19.1 Å². The lowest BCUT2D eigenvalue weighted by Crippen LogP contribution is -1.99. The molecule has 4 nitrogen and oxygen atoms in total. The zero-order valence-corrected chi connectivity index (χ0v) is 11.9. The summed E-state index contributed by atoms with van der Waals surface area (Å²) in [5.41, 5.74) is 1.51. The number of aromatic nitrogens is 2. The fourth-order valence-corrected chi connectivity index (χ4v) is 2.29. The van der Waals surface area contributed by atoms with Gasteiger partial charge in [-0.25, -0.2) is 0 Å². The van der Waals surface area contributed by atoms with Crippen molar-refractivity contribution in [3.63, 3.8) is 0 Å². The SMILES string of the molecule is CCn1cc(COc2c(Cl)cc(Cl)cc2CO)cn1. The Hall–Kier alpha value is -1.23. The van der Waals surface area contributed by atoms with Crippen LogP contribution >= 0.6 is 23.2 Å². The van der Waals surface area contributed by atoms with Gasteiger partial charge in [0.05, 0.1) is 17.8 Å². The summed E-state index contributed by atoms with van der Waals surface area (Å²) in [7, 11) is 0. The standard InChI is InChI=1S/C13H14Cl2N2O2/c1-2-17-6-9(5-16-17)8-19-13-10(7-18)3-11(14)4-12(13)15/h3-6,18H,2,7-8H2,1H3. The van der Waals surface area contributed by atoms with E-state index in [1.807, 2.05) is 17.8 Å². The van der Waals surface area contributed by atoms with Gasteiger partial charge in [0.1, 0.15) is 12.4 Å². The average molecular weight is 301 g/mol. The molecule has 1 N–H and O–H groups in total. The largest absolute Gasteiger partial charge is 0.487 e. The Bertz CT molecular complexity index is 570. The molecule has 0 bridgehead atoms. The van der Waals surface area contributed by atoms with Gasteiger partial charge in [0.15, 0.2) is 0 Å². The summed E-state index contributed by atoms with van der Waals surface area (Å²) in [5, 5.41) is 14.3. The molecule has 0 amide bonds. The molecular weight excluding hydrogens is 287 g/mol. The maximum atomic E-state index is 9.29. The molecule has 19 heavy (non-hydrogen) atoms. The first-order valence-electron chi connectivity index (χ1n) is 5.87. The summed E-state index contributed by atoms with van der Waals surface area (Å²) in [4.78, 5) is 0. The number of halogens is 2. The number of ether oxygens (including phenoxy) is 1. The van der Waals surface area contributed by atoms with Crippen molar-refractivity contribution in [2.45, 2.75) is 26.7 Å². The minimum absolute atomic E-state index is 0.177. The van der Waals surface area contributed by atoms with E-state index in [1.54, 1.807) is 18.3 Å². The summed E-state index contributed by atoms with van der Waals surface area (Å²) in [6.45, 7) is 2.99. The molecule has 0 radical (unpaired) electrons. The van der Waals surface area contributed by atoms with Gasteiger partial charge in [0, 0.05) is 28.9 Å². The van der Waals surface area contributed by atoms with E-state index in [1.165, 1.54) is 0 Å². The van der Waals surface area contributed by atoms with Crippen LogP contribution in [0.3, 0.4) is 0 Å². The second kappa shape index (κ2) is 6.28. The van der Waals surface area contributed by atoms with Crippen molar-refractivity contribution < 1.29 is 9.84 Å². The molecule has 2 aromatic rings. The Labute approximate surface area is 121 Å². The fraction of sp³-hybridized carbons (Fsp3) is 0.308. The van der Waals surface area contributed by atoms with Crippen LogP contribution in [0.5, 0.6) is 5.75 Å². The second-order valence-electron chi connectivity index (χ2n) is 4.03. The lowest BCUT2D eigenvalue weighted by Gasteiger charge is -2.11. The fourth-order valence-electron chi connectivity index (χ4n) is 1.70. The Morgan fingerprint density at radius 1 is 1.37 bits per heavy atom. The zero-order valence-electron chi connectivity index (χ0n) is 10.4. The summed E-state index contributed by atoms with van der Waals surface area (Å²) >= 11 is 11.9. The molecule has 0 spiro atoms. The van der Waals surface area contributed by atoms with Crippen molar-refractivity contribution >= 4 is 23.2 Å². The van der Waals surface area contributed by atoms with Gasteiger partial charge in [-0.2, -0.15) is 5.10 Å². The van der Waals surface area contributed by atoms with E-state index in [0.29, 0.717) is 28.0 Å². The minimum Gasteiger partial charge on any atom is -0.487 e. The molecule has 0 fully saturated rings. The van der Waals surface area contributed by atoms with Crippen molar-refractivity contribution in [3.05, 3.63) is 45.7 Å². The van der Waals surface area contributed by atoms with Gasteiger partial charge in [-0.1, -0.05) is 23.2 Å². The number of hydrogen-bond acceptors (Lipinski definition) is 3. The zero-order chi connectivity index (χ0) is 13.8. The Morgan fingerprint density at radius 2 is 2.16 bits per heavy atom. The third-order valence-electron chi connectivity index (χ3n) is 2.65. The first kappa shape index (κ1) is 14.2. The highest BCUT2D eigenvalue weighted by atomic mass is 35.5.